The Morgan fingerprint density at radius 2 is 1.09 bits per heavy atom. The molecule has 0 aliphatic carbocycles. The molecule has 6 nitrogen and oxygen atoms in total. The Hall–Kier alpha value is -0.560. The number of rotatable bonds is 12. The maximum absolute atomic E-state index is 9.72. The van der Waals surface area contributed by atoms with Gasteiger partial charge in [-0.25, -0.2) is 0 Å². The first-order valence-corrected chi connectivity index (χ1v) is 8.39. The summed E-state index contributed by atoms with van der Waals surface area (Å²) in [6, 6.07) is 0. The third-order valence-corrected chi connectivity index (χ3v) is 3.26. The van der Waals surface area contributed by atoms with E-state index >= 15 is 0 Å². The van der Waals surface area contributed by atoms with E-state index in [2.05, 4.69) is 20.9 Å². The molecular formula is C16H36N4O2. The van der Waals surface area contributed by atoms with Crippen LogP contribution in [0.15, 0.2) is 10.2 Å². The van der Waals surface area contributed by atoms with E-state index in [1.54, 1.807) is 0 Å². The number of aliphatic hydroxyl groups is 2. The van der Waals surface area contributed by atoms with Crippen molar-refractivity contribution in [3.63, 3.8) is 0 Å². The molecule has 0 bridgehead atoms. The van der Waals surface area contributed by atoms with Gasteiger partial charge in [0, 0.05) is 13.1 Å². The molecule has 6 heteroatoms. The summed E-state index contributed by atoms with van der Waals surface area (Å²) < 4.78 is 0. The molecule has 0 saturated heterocycles. The number of azo groups is 1. The molecule has 132 valence electrons. The Bertz CT molecular complexity index is 289. The first-order chi connectivity index (χ1) is 10.1. The van der Waals surface area contributed by atoms with Crippen molar-refractivity contribution in [2.45, 2.75) is 90.8 Å². The van der Waals surface area contributed by atoms with Crippen molar-refractivity contribution in [3.8, 4) is 0 Å². The molecule has 0 aromatic carbocycles. The van der Waals surface area contributed by atoms with Crippen LogP contribution in [0, 0.1) is 0 Å². The minimum atomic E-state index is -0.488. The predicted octanol–water partition coefficient (Wildman–Crippen LogP) is 2.41. The maximum Gasteiger partial charge on any atom is 0.104 e. The summed E-state index contributed by atoms with van der Waals surface area (Å²) in [4.78, 5) is 0. The van der Waals surface area contributed by atoms with Crippen molar-refractivity contribution in [1.29, 1.82) is 0 Å². The van der Waals surface area contributed by atoms with Gasteiger partial charge in [0.2, 0.25) is 0 Å². The Labute approximate surface area is 135 Å². The fourth-order valence-electron chi connectivity index (χ4n) is 1.83. The van der Waals surface area contributed by atoms with E-state index in [1.165, 1.54) is 0 Å². The quantitative estimate of drug-likeness (QED) is 0.329. The topological polar surface area (TPSA) is 89.2 Å². The largest absolute Gasteiger partial charge is 0.379 e. The highest BCUT2D eigenvalue weighted by molar-refractivity contribution is 4.84. The molecule has 0 aromatic heterocycles. The highest BCUT2D eigenvalue weighted by atomic mass is 16.3. The molecule has 0 amide bonds. The van der Waals surface area contributed by atoms with Crippen LogP contribution in [0.3, 0.4) is 0 Å². The molecule has 2 unspecified atom stereocenters. The lowest BCUT2D eigenvalue weighted by Gasteiger charge is -2.25. The summed E-state index contributed by atoms with van der Waals surface area (Å²) >= 11 is 0. The van der Waals surface area contributed by atoms with Crippen LogP contribution in [-0.4, -0.2) is 46.8 Å². The van der Waals surface area contributed by atoms with Gasteiger partial charge in [-0.2, -0.15) is 10.2 Å². The zero-order valence-electron chi connectivity index (χ0n) is 15.2. The predicted molar refractivity (Wildman–Crippen MR) is 90.8 cm³/mol. The monoisotopic (exact) mass is 316 g/mol. The minimum absolute atomic E-state index is 0.381. The van der Waals surface area contributed by atoms with Gasteiger partial charge in [-0.3, -0.25) is 10.6 Å². The molecule has 0 spiro atoms. The fraction of sp³-hybridized carbons (Fsp3) is 1.00. The standard InChI is InChI=1S/C16H36N4O2/c1-7-9-13(21)17-11-15(3,4)19-20-16(5,6)12-18-14(22)10-8-2/h13-14,17-18,21-22H,7-12H2,1-6H3. The van der Waals surface area contributed by atoms with Gasteiger partial charge in [0.05, 0.1) is 11.1 Å². The van der Waals surface area contributed by atoms with Gasteiger partial charge in [-0.05, 0) is 40.5 Å². The Morgan fingerprint density at radius 3 is 1.36 bits per heavy atom. The second-order valence-corrected chi connectivity index (χ2v) is 7.20. The molecular weight excluding hydrogens is 280 g/mol. The number of hydrogen-bond acceptors (Lipinski definition) is 6. The normalized spacial score (nSPS) is 16.2. The van der Waals surface area contributed by atoms with Gasteiger partial charge in [-0.15, -0.1) is 0 Å². The van der Waals surface area contributed by atoms with E-state index in [-0.39, 0.29) is 11.1 Å². The minimum Gasteiger partial charge on any atom is -0.379 e. The van der Waals surface area contributed by atoms with E-state index in [9.17, 15) is 10.2 Å². The Morgan fingerprint density at radius 1 is 0.773 bits per heavy atom. The summed E-state index contributed by atoms with van der Waals surface area (Å²) in [5.41, 5.74) is -0.762. The summed E-state index contributed by atoms with van der Waals surface area (Å²) in [7, 11) is 0. The van der Waals surface area contributed by atoms with Crippen LogP contribution in [-0.2, 0) is 0 Å². The van der Waals surface area contributed by atoms with Crippen molar-refractivity contribution >= 4 is 0 Å². The van der Waals surface area contributed by atoms with Crippen molar-refractivity contribution in [1.82, 2.24) is 10.6 Å². The molecule has 2 atom stereocenters. The van der Waals surface area contributed by atoms with Gasteiger partial charge in [0.25, 0.3) is 0 Å². The molecule has 0 saturated carbocycles. The van der Waals surface area contributed by atoms with Crippen LogP contribution in [0.2, 0.25) is 0 Å². The van der Waals surface area contributed by atoms with Crippen molar-refractivity contribution in [2.24, 2.45) is 10.2 Å². The highest BCUT2D eigenvalue weighted by Gasteiger charge is 2.22. The lowest BCUT2D eigenvalue weighted by Crippen LogP contribution is -2.41. The van der Waals surface area contributed by atoms with E-state index in [0.29, 0.717) is 13.1 Å². The summed E-state index contributed by atoms with van der Waals surface area (Å²) in [5.74, 6) is 0. The number of nitrogens with one attached hydrogen (secondary N) is 2. The lowest BCUT2D eigenvalue weighted by molar-refractivity contribution is 0.117. The molecule has 0 fully saturated rings. The van der Waals surface area contributed by atoms with E-state index < -0.39 is 12.5 Å². The first-order valence-electron chi connectivity index (χ1n) is 8.39. The number of nitrogens with zero attached hydrogens (tertiary/aromatic N) is 2. The van der Waals surface area contributed by atoms with Crippen LogP contribution in [0.1, 0.15) is 67.2 Å². The lowest BCUT2D eigenvalue weighted by atomic mass is 10.1. The second kappa shape index (κ2) is 10.3. The van der Waals surface area contributed by atoms with Crippen molar-refractivity contribution in [2.75, 3.05) is 13.1 Å². The number of aliphatic hydroxyl groups excluding tert-OH is 2. The van der Waals surface area contributed by atoms with Crippen LogP contribution in [0.4, 0.5) is 0 Å². The van der Waals surface area contributed by atoms with Crippen molar-refractivity contribution < 1.29 is 10.2 Å². The van der Waals surface area contributed by atoms with Crippen molar-refractivity contribution in [3.05, 3.63) is 0 Å². The van der Waals surface area contributed by atoms with Crippen LogP contribution < -0.4 is 10.6 Å². The second-order valence-electron chi connectivity index (χ2n) is 7.20. The third kappa shape index (κ3) is 11.1. The average Bonchev–Trinajstić information content (AvgIpc) is 2.42. The van der Waals surface area contributed by atoms with Crippen LogP contribution in [0.5, 0.6) is 0 Å². The van der Waals surface area contributed by atoms with Crippen LogP contribution >= 0.6 is 0 Å². The first kappa shape index (κ1) is 21.4. The van der Waals surface area contributed by atoms with Gasteiger partial charge in [0.15, 0.2) is 0 Å². The van der Waals surface area contributed by atoms with Gasteiger partial charge < -0.3 is 10.2 Å². The fourth-order valence-corrected chi connectivity index (χ4v) is 1.83. The molecule has 0 aliphatic rings. The zero-order valence-corrected chi connectivity index (χ0v) is 15.2. The molecule has 0 radical (unpaired) electrons. The Kier molecular flexibility index (Phi) is 10.00. The van der Waals surface area contributed by atoms with E-state index in [4.69, 9.17) is 0 Å². The molecule has 0 aromatic rings. The maximum atomic E-state index is 9.72. The van der Waals surface area contributed by atoms with Gasteiger partial charge >= 0.3 is 0 Å². The third-order valence-electron chi connectivity index (χ3n) is 3.26. The Balaban J connectivity index is 4.32. The molecule has 0 rings (SSSR count). The highest BCUT2D eigenvalue weighted by Crippen LogP contribution is 2.15. The smallest absolute Gasteiger partial charge is 0.104 e. The van der Waals surface area contributed by atoms with Gasteiger partial charge in [0.1, 0.15) is 12.5 Å². The summed E-state index contributed by atoms with van der Waals surface area (Å²) in [6.45, 7) is 13.2. The summed E-state index contributed by atoms with van der Waals surface area (Å²) in [6.07, 6.45) is 2.37. The molecule has 0 heterocycles. The average molecular weight is 316 g/mol. The molecule has 4 N–H and O–H groups in total. The van der Waals surface area contributed by atoms with E-state index in [0.717, 1.165) is 25.7 Å². The zero-order chi connectivity index (χ0) is 17.2. The molecule has 22 heavy (non-hydrogen) atoms. The van der Waals surface area contributed by atoms with Gasteiger partial charge in [-0.1, -0.05) is 26.7 Å². The molecule has 0 aliphatic heterocycles. The number of hydrogen-bond donors (Lipinski definition) is 4. The SMILES string of the molecule is CCCC(O)NCC(C)(C)N=NC(C)(C)CNC(O)CCC. The van der Waals surface area contributed by atoms with Crippen LogP contribution in [0.25, 0.3) is 0 Å². The van der Waals surface area contributed by atoms with E-state index in [1.807, 2.05) is 41.5 Å². The summed E-state index contributed by atoms with van der Waals surface area (Å²) in [5, 5.41) is 34.4.